The normalized spacial score (nSPS) is 17.4. The standard InChI is InChI=1S/C13H19NO4S/c1-3-11-10-12(4-5-13(11)17-2)19(15,16)14-6-8-18-9-7-14/h4-5,10H,3,6-9H2,1-2H3. The molecule has 0 bridgehead atoms. The Bertz CT molecular complexity index is 536. The summed E-state index contributed by atoms with van der Waals surface area (Å²) in [5, 5.41) is 0. The summed E-state index contributed by atoms with van der Waals surface area (Å²) in [6.07, 6.45) is 0.732. The zero-order chi connectivity index (χ0) is 13.9. The zero-order valence-electron chi connectivity index (χ0n) is 11.3. The molecule has 0 aromatic heterocycles. The van der Waals surface area contributed by atoms with Crippen LogP contribution in [-0.4, -0.2) is 46.1 Å². The van der Waals surface area contributed by atoms with E-state index in [-0.39, 0.29) is 0 Å². The van der Waals surface area contributed by atoms with Crippen molar-refractivity contribution in [3.63, 3.8) is 0 Å². The van der Waals surface area contributed by atoms with Gasteiger partial charge in [-0.05, 0) is 30.2 Å². The molecule has 0 saturated carbocycles. The molecular formula is C13H19NO4S. The van der Waals surface area contributed by atoms with E-state index in [0.717, 1.165) is 17.7 Å². The lowest BCUT2D eigenvalue weighted by molar-refractivity contribution is 0.0730. The fourth-order valence-electron chi connectivity index (χ4n) is 2.13. The molecule has 1 aliphatic rings. The predicted octanol–water partition coefficient (Wildman–Crippen LogP) is 1.28. The summed E-state index contributed by atoms with van der Waals surface area (Å²) >= 11 is 0. The highest BCUT2D eigenvalue weighted by atomic mass is 32.2. The SMILES string of the molecule is CCc1cc(S(=O)(=O)N2CCOCC2)ccc1OC. The Labute approximate surface area is 114 Å². The second kappa shape index (κ2) is 5.90. The van der Waals surface area contributed by atoms with Gasteiger partial charge >= 0.3 is 0 Å². The lowest BCUT2D eigenvalue weighted by atomic mass is 10.1. The van der Waals surface area contributed by atoms with Gasteiger partial charge in [-0.15, -0.1) is 0 Å². The Balaban J connectivity index is 2.34. The van der Waals surface area contributed by atoms with E-state index in [2.05, 4.69) is 0 Å². The first-order chi connectivity index (χ1) is 9.09. The number of aryl methyl sites for hydroxylation is 1. The van der Waals surface area contributed by atoms with Crippen LogP contribution in [0.1, 0.15) is 12.5 Å². The van der Waals surface area contributed by atoms with Crippen LogP contribution in [0.4, 0.5) is 0 Å². The number of benzene rings is 1. The fourth-order valence-corrected chi connectivity index (χ4v) is 3.59. The maximum atomic E-state index is 12.5. The number of hydrogen-bond donors (Lipinski definition) is 0. The maximum Gasteiger partial charge on any atom is 0.243 e. The van der Waals surface area contributed by atoms with Crippen LogP contribution < -0.4 is 4.74 Å². The number of rotatable bonds is 4. The predicted molar refractivity (Wildman–Crippen MR) is 71.9 cm³/mol. The summed E-state index contributed by atoms with van der Waals surface area (Å²) in [6, 6.07) is 5.01. The van der Waals surface area contributed by atoms with Crippen molar-refractivity contribution in [2.24, 2.45) is 0 Å². The fraction of sp³-hybridized carbons (Fsp3) is 0.538. The highest BCUT2D eigenvalue weighted by Crippen LogP contribution is 2.25. The van der Waals surface area contributed by atoms with Crippen LogP contribution in [0.2, 0.25) is 0 Å². The van der Waals surface area contributed by atoms with E-state index in [4.69, 9.17) is 9.47 Å². The van der Waals surface area contributed by atoms with Crippen LogP contribution in [0.25, 0.3) is 0 Å². The van der Waals surface area contributed by atoms with Gasteiger partial charge in [-0.2, -0.15) is 4.31 Å². The molecule has 0 N–H and O–H groups in total. The third-order valence-corrected chi connectivity index (χ3v) is 5.14. The van der Waals surface area contributed by atoms with Gasteiger partial charge in [-0.1, -0.05) is 6.92 Å². The van der Waals surface area contributed by atoms with Gasteiger partial charge in [0.2, 0.25) is 10.0 Å². The van der Waals surface area contributed by atoms with Gasteiger partial charge in [0.05, 0.1) is 25.2 Å². The summed E-state index contributed by atoms with van der Waals surface area (Å²) < 4.78 is 36.8. The van der Waals surface area contributed by atoms with Gasteiger partial charge in [0.1, 0.15) is 5.75 Å². The Kier molecular flexibility index (Phi) is 4.44. The van der Waals surface area contributed by atoms with Crippen LogP contribution in [-0.2, 0) is 21.2 Å². The van der Waals surface area contributed by atoms with Gasteiger partial charge in [0.25, 0.3) is 0 Å². The maximum absolute atomic E-state index is 12.5. The van der Waals surface area contributed by atoms with Crippen LogP contribution in [0, 0.1) is 0 Å². The van der Waals surface area contributed by atoms with Gasteiger partial charge < -0.3 is 9.47 Å². The minimum Gasteiger partial charge on any atom is -0.496 e. The van der Waals surface area contributed by atoms with Crippen LogP contribution in [0.15, 0.2) is 23.1 Å². The Hall–Kier alpha value is -1.11. The van der Waals surface area contributed by atoms with Crippen molar-refractivity contribution < 1.29 is 17.9 Å². The minimum absolute atomic E-state index is 0.326. The monoisotopic (exact) mass is 285 g/mol. The third-order valence-electron chi connectivity index (χ3n) is 3.24. The van der Waals surface area contributed by atoms with E-state index in [1.165, 1.54) is 4.31 Å². The largest absolute Gasteiger partial charge is 0.496 e. The van der Waals surface area contributed by atoms with Crippen molar-refractivity contribution in [3.05, 3.63) is 23.8 Å². The summed E-state index contributed by atoms with van der Waals surface area (Å²) in [6.45, 7) is 3.71. The lowest BCUT2D eigenvalue weighted by Gasteiger charge is -2.26. The first-order valence-corrected chi connectivity index (χ1v) is 7.78. The van der Waals surface area contributed by atoms with E-state index in [0.29, 0.717) is 31.2 Å². The van der Waals surface area contributed by atoms with Crippen LogP contribution in [0.5, 0.6) is 5.75 Å². The summed E-state index contributed by atoms with van der Waals surface area (Å²) in [5.41, 5.74) is 0.900. The average Bonchev–Trinajstić information content (AvgIpc) is 2.47. The van der Waals surface area contributed by atoms with Crippen molar-refractivity contribution in [1.82, 2.24) is 4.31 Å². The molecular weight excluding hydrogens is 266 g/mol. The Morgan fingerprint density at radius 2 is 2.00 bits per heavy atom. The van der Waals surface area contributed by atoms with E-state index in [1.807, 2.05) is 6.92 Å². The molecule has 0 atom stereocenters. The first-order valence-electron chi connectivity index (χ1n) is 6.34. The van der Waals surface area contributed by atoms with E-state index in [1.54, 1.807) is 25.3 Å². The quantitative estimate of drug-likeness (QED) is 0.836. The van der Waals surface area contributed by atoms with Crippen molar-refractivity contribution >= 4 is 10.0 Å². The van der Waals surface area contributed by atoms with Crippen LogP contribution in [0.3, 0.4) is 0 Å². The van der Waals surface area contributed by atoms with Gasteiger partial charge in [-0.25, -0.2) is 8.42 Å². The Morgan fingerprint density at radius 1 is 1.32 bits per heavy atom. The number of nitrogens with zero attached hydrogens (tertiary/aromatic N) is 1. The van der Waals surface area contributed by atoms with Crippen molar-refractivity contribution in [2.75, 3.05) is 33.4 Å². The van der Waals surface area contributed by atoms with Crippen LogP contribution >= 0.6 is 0 Å². The molecule has 0 radical (unpaired) electrons. The smallest absolute Gasteiger partial charge is 0.243 e. The molecule has 1 saturated heterocycles. The molecule has 2 rings (SSSR count). The molecule has 0 unspecified atom stereocenters. The molecule has 1 aromatic carbocycles. The third kappa shape index (κ3) is 2.91. The van der Waals surface area contributed by atoms with Gasteiger partial charge in [-0.3, -0.25) is 0 Å². The van der Waals surface area contributed by atoms with Crippen molar-refractivity contribution in [1.29, 1.82) is 0 Å². The molecule has 6 heteroatoms. The topological polar surface area (TPSA) is 55.8 Å². The molecule has 0 amide bonds. The zero-order valence-corrected chi connectivity index (χ0v) is 12.1. The molecule has 5 nitrogen and oxygen atoms in total. The number of hydrogen-bond acceptors (Lipinski definition) is 4. The average molecular weight is 285 g/mol. The van der Waals surface area contributed by atoms with E-state index in [9.17, 15) is 8.42 Å². The number of methoxy groups -OCH3 is 1. The molecule has 1 heterocycles. The van der Waals surface area contributed by atoms with Gasteiger partial charge in [0, 0.05) is 13.1 Å². The number of sulfonamides is 1. The molecule has 1 aromatic rings. The van der Waals surface area contributed by atoms with Gasteiger partial charge in [0.15, 0.2) is 0 Å². The van der Waals surface area contributed by atoms with E-state index >= 15 is 0 Å². The second-order valence-corrected chi connectivity index (χ2v) is 6.28. The summed E-state index contributed by atoms with van der Waals surface area (Å²) in [7, 11) is -1.83. The highest BCUT2D eigenvalue weighted by Gasteiger charge is 2.26. The molecule has 0 aliphatic carbocycles. The number of morpholine rings is 1. The molecule has 19 heavy (non-hydrogen) atoms. The Morgan fingerprint density at radius 3 is 2.58 bits per heavy atom. The molecule has 1 aliphatic heterocycles. The first kappa shape index (κ1) is 14.3. The molecule has 106 valence electrons. The van der Waals surface area contributed by atoms with Crippen molar-refractivity contribution in [3.8, 4) is 5.75 Å². The van der Waals surface area contributed by atoms with E-state index < -0.39 is 10.0 Å². The molecule has 0 spiro atoms. The molecule has 1 fully saturated rings. The lowest BCUT2D eigenvalue weighted by Crippen LogP contribution is -2.40. The highest BCUT2D eigenvalue weighted by molar-refractivity contribution is 7.89. The van der Waals surface area contributed by atoms with Crippen molar-refractivity contribution in [2.45, 2.75) is 18.2 Å². The summed E-state index contributed by atoms with van der Waals surface area (Å²) in [4.78, 5) is 0.326. The second-order valence-electron chi connectivity index (χ2n) is 4.34. The minimum atomic E-state index is -3.42. The number of ether oxygens (including phenoxy) is 2. The summed E-state index contributed by atoms with van der Waals surface area (Å²) in [5.74, 6) is 0.725.